The summed E-state index contributed by atoms with van der Waals surface area (Å²) in [4.78, 5) is 13.1. The van der Waals surface area contributed by atoms with Gasteiger partial charge in [0.25, 0.3) is 0 Å². The van der Waals surface area contributed by atoms with Gasteiger partial charge in [-0.05, 0) is 43.2 Å². The maximum Gasteiger partial charge on any atom is 0.243 e. The first-order valence-electron chi connectivity index (χ1n) is 8.73. The summed E-state index contributed by atoms with van der Waals surface area (Å²) < 4.78 is 33.0. The molecule has 0 saturated carbocycles. The molecule has 0 amide bonds. The van der Waals surface area contributed by atoms with Crippen LogP contribution in [0.5, 0.6) is 5.75 Å². The lowest BCUT2D eigenvalue weighted by Gasteiger charge is -2.24. The van der Waals surface area contributed by atoms with E-state index in [1.165, 1.54) is 15.6 Å². The third kappa shape index (κ3) is 3.71. The van der Waals surface area contributed by atoms with E-state index >= 15 is 0 Å². The predicted molar refractivity (Wildman–Crippen MR) is 106 cm³/mol. The van der Waals surface area contributed by atoms with Gasteiger partial charge in [-0.25, -0.2) is 23.4 Å². The Labute approximate surface area is 167 Å². The van der Waals surface area contributed by atoms with Crippen LogP contribution in [-0.2, 0) is 10.0 Å². The number of benzene rings is 1. The molecule has 3 heterocycles. The van der Waals surface area contributed by atoms with Crippen LogP contribution in [0.25, 0.3) is 0 Å². The quantitative estimate of drug-likeness (QED) is 0.658. The Morgan fingerprint density at radius 2 is 2.00 bits per heavy atom. The number of methoxy groups -OCH3 is 1. The molecule has 1 fully saturated rings. The smallest absolute Gasteiger partial charge is 0.243 e. The molecule has 0 bridgehead atoms. The minimum absolute atomic E-state index is 0.246. The molecule has 1 N–H and O–H groups in total. The maximum atomic E-state index is 13.2. The lowest BCUT2D eigenvalue weighted by molar-refractivity contribution is 0.390. The number of sulfonamides is 1. The van der Waals surface area contributed by atoms with Gasteiger partial charge in [-0.2, -0.15) is 4.31 Å². The van der Waals surface area contributed by atoms with Crippen molar-refractivity contribution >= 4 is 32.4 Å². The van der Waals surface area contributed by atoms with Gasteiger partial charge in [0.2, 0.25) is 16.0 Å². The number of hydrogen-bond donors (Lipinski definition) is 1. The van der Waals surface area contributed by atoms with E-state index in [0.29, 0.717) is 35.5 Å². The highest BCUT2D eigenvalue weighted by molar-refractivity contribution is 7.89. The summed E-state index contributed by atoms with van der Waals surface area (Å²) >= 11 is 1.44. The van der Waals surface area contributed by atoms with Crippen molar-refractivity contribution < 1.29 is 13.2 Å². The molecule has 0 unspecified atom stereocenters. The van der Waals surface area contributed by atoms with E-state index in [-0.39, 0.29) is 10.9 Å². The molecule has 0 spiro atoms. The Bertz CT molecular complexity index is 1040. The van der Waals surface area contributed by atoms with Crippen LogP contribution in [0.1, 0.15) is 24.6 Å². The normalized spacial score (nSPS) is 17.5. The van der Waals surface area contributed by atoms with E-state index in [0.717, 1.165) is 6.42 Å². The number of rotatable bonds is 6. The lowest BCUT2D eigenvalue weighted by Crippen LogP contribution is -2.31. The molecule has 1 aliphatic rings. The molecule has 4 rings (SSSR count). The number of thiazole rings is 1. The number of nitrogens with zero attached hydrogens (tertiary/aromatic N) is 4. The van der Waals surface area contributed by atoms with Crippen LogP contribution in [0, 0.1) is 0 Å². The second kappa shape index (κ2) is 7.82. The lowest BCUT2D eigenvalue weighted by atomic mass is 10.1. The number of hydrogen-bond acceptors (Lipinski definition) is 8. The van der Waals surface area contributed by atoms with Crippen LogP contribution >= 0.6 is 11.3 Å². The highest BCUT2D eigenvalue weighted by Crippen LogP contribution is 2.36. The van der Waals surface area contributed by atoms with Crippen molar-refractivity contribution in [1.82, 2.24) is 19.3 Å². The van der Waals surface area contributed by atoms with E-state index in [9.17, 15) is 8.42 Å². The summed E-state index contributed by atoms with van der Waals surface area (Å²) in [5.74, 6) is 1.02. The van der Waals surface area contributed by atoms with Gasteiger partial charge in [-0.15, -0.1) is 11.3 Å². The van der Waals surface area contributed by atoms with E-state index in [1.807, 2.05) is 5.38 Å². The fraction of sp³-hybridized carbons (Fsp3) is 0.278. The fourth-order valence-corrected chi connectivity index (χ4v) is 5.40. The van der Waals surface area contributed by atoms with Gasteiger partial charge in [0, 0.05) is 24.3 Å². The molecule has 0 aliphatic carbocycles. The van der Waals surface area contributed by atoms with Crippen molar-refractivity contribution in [2.24, 2.45) is 0 Å². The first kappa shape index (κ1) is 18.8. The molecule has 28 heavy (non-hydrogen) atoms. The van der Waals surface area contributed by atoms with Gasteiger partial charge in [-0.3, -0.25) is 0 Å². The van der Waals surface area contributed by atoms with Crippen LogP contribution < -0.4 is 10.1 Å². The van der Waals surface area contributed by atoms with Crippen molar-refractivity contribution in [3.05, 3.63) is 53.8 Å². The summed E-state index contributed by atoms with van der Waals surface area (Å²) in [6.07, 6.45) is 4.81. The summed E-state index contributed by atoms with van der Waals surface area (Å²) in [6.45, 7) is 0.457. The zero-order valence-electron chi connectivity index (χ0n) is 15.1. The van der Waals surface area contributed by atoms with Gasteiger partial charge in [0.1, 0.15) is 5.75 Å². The molecule has 1 aromatic carbocycles. The zero-order chi connectivity index (χ0) is 19.6. The van der Waals surface area contributed by atoms with Gasteiger partial charge >= 0.3 is 0 Å². The Morgan fingerprint density at radius 1 is 1.18 bits per heavy atom. The molecule has 0 radical (unpaired) electrons. The summed E-state index contributed by atoms with van der Waals surface area (Å²) in [5.41, 5.74) is 0.670. The Morgan fingerprint density at radius 3 is 2.71 bits per heavy atom. The minimum atomic E-state index is -3.64. The first-order chi connectivity index (χ1) is 13.6. The fourth-order valence-electron chi connectivity index (χ4n) is 3.21. The van der Waals surface area contributed by atoms with Crippen LogP contribution in [0.3, 0.4) is 0 Å². The van der Waals surface area contributed by atoms with Crippen LogP contribution in [-0.4, -0.2) is 41.3 Å². The minimum Gasteiger partial charge on any atom is -0.497 e. The SMILES string of the molecule is COc1ccc(S(=O)(=O)N2CCC[C@H]2c2ccnc(Nc3nccs3)n2)cc1. The second-order valence-corrected chi connectivity index (χ2v) is 9.00. The van der Waals surface area contributed by atoms with Crippen molar-refractivity contribution in [3.63, 3.8) is 0 Å². The van der Waals surface area contributed by atoms with E-state index in [4.69, 9.17) is 4.74 Å². The average Bonchev–Trinajstić information content (AvgIpc) is 3.40. The summed E-state index contributed by atoms with van der Waals surface area (Å²) in [6, 6.07) is 7.88. The third-order valence-corrected chi connectivity index (χ3v) is 7.15. The predicted octanol–water partition coefficient (Wildman–Crippen LogP) is 3.21. The van der Waals surface area contributed by atoms with Gasteiger partial charge in [0.15, 0.2) is 5.13 Å². The van der Waals surface area contributed by atoms with Crippen molar-refractivity contribution in [1.29, 1.82) is 0 Å². The number of nitrogens with one attached hydrogen (secondary N) is 1. The Balaban J connectivity index is 1.61. The highest BCUT2D eigenvalue weighted by Gasteiger charge is 2.37. The number of aromatic nitrogens is 3. The number of ether oxygens (including phenoxy) is 1. The van der Waals surface area contributed by atoms with Gasteiger partial charge in [0.05, 0.1) is 23.7 Å². The van der Waals surface area contributed by atoms with E-state index in [1.54, 1.807) is 49.8 Å². The number of anilines is 2. The molecule has 2 aromatic heterocycles. The zero-order valence-corrected chi connectivity index (χ0v) is 16.8. The third-order valence-electron chi connectivity index (χ3n) is 4.54. The monoisotopic (exact) mass is 417 g/mol. The molecule has 146 valence electrons. The van der Waals surface area contributed by atoms with Crippen molar-refractivity contribution in [3.8, 4) is 5.75 Å². The first-order valence-corrected chi connectivity index (χ1v) is 11.1. The molecular weight excluding hydrogens is 398 g/mol. The molecule has 1 saturated heterocycles. The second-order valence-electron chi connectivity index (χ2n) is 6.22. The van der Waals surface area contributed by atoms with Crippen LogP contribution in [0.4, 0.5) is 11.1 Å². The maximum absolute atomic E-state index is 13.2. The van der Waals surface area contributed by atoms with Crippen molar-refractivity contribution in [2.45, 2.75) is 23.8 Å². The van der Waals surface area contributed by atoms with Crippen LogP contribution in [0.15, 0.2) is 53.0 Å². The molecule has 3 aromatic rings. The summed E-state index contributed by atoms with van der Waals surface area (Å²) in [5, 5.41) is 5.59. The molecule has 1 aliphatic heterocycles. The highest BCUT2D eigenvalue weighted by atomic mass is 32.2. The van der Waals surface area contributed by atoms with Crippen molar-refractivity contribution in [2.75, 3.05) is 19.0 Å². The molecule has 8 nitrogen and oxygen atoms in total. The Hall–Kier alpha value is -2.56. The van der Waals surface area contributed by atoms with Gasteiger partial charge in [-0.1, -0.05) is 0 Å². The molecular formula is C18H19N5O3S2. The standard InChI is InChI=1S/C18H19N5O3S2/c1-26-13-4-6-14(7-5-13)28(24,25)23-11-2-3-16(23)15-8-9-19-17(21-15)22-18-20-10-12-27-18/h4-10,12,16H,2-3,11H2,1H3,(H,19,20,21,22)/t16-/m0/s1. The summed E-state index contributed by atoms with van der Waals surface area (Å²) in [7, 11) is -2.09. The Kier molecular flexibility index (Phi) is 5.25. The van der Waals surface area contributed by atoms with E-state index in [2.05, 4.69) is 20.3 Å². The molecule has 10 heteroatoms. The topological polar surface area (TPSA) is 97.3 Å². The average molecular weight is 418 g/mol. The van der Waals surface area contributed by atoms with Gasteiger partial charge < -0.3 is 10.1 Å². The largest absolute Gasteiger partial charge is 0.497 e. The van der Waals surface area contributed by atoms with E-state index < -0.39 is 10.0 Å². The molecule has 1 atom stereocenters. The van der Waals surface area contributed by atoms with Crippen LogP contribution in [0.2, 0.25) is 0 Å².